The molecule has 0 atom stereocenters. The summed E-state index contributed by atoms with van der Waals surface area (Å²) in [5.74, 6) is 0.679. The van der Waals surface area contributed by atoms with E-state index in [1.165, 1.54) is 0 Å². The lowest BCUT2D eigenvalue weighted by atomic mass is 10.2. The van der Waals surface area contributed by atoms with Gasteiger partial charge in [0.05, 0.1) is 10.6 Å². The van der Waals surface area contributed by atoms with Crippen LogP contribution in [0.3, 0.4) is 0 Å². The Morgan fingerprint density at radius 2 is 2.16 bits per heavy atom. The van der Waals surface area contributed by atoms with Gasteiger partial charge in [0.25, 0.3) is 5.89 Å². The van der Waals surface area contributed by atoms with Crippen molar-refractivity contribution in [1.29, 1.82) is 0 Å². The molecule has 0 aliphatic rings. The maximum absolute atomic E-state index is 6.10. The van der Waals surface area contributed by atoms with Crippen LogP contribution in [-0.2, 0) is 7.05 Å². The monoisotopic (exact) mass is 275 g/mol. The number of rotatable bonds is 2. The average Bonchev–Trinajstić information content (AvgIpc) is 2.98. The van der Waals surface area contributed by atoms with Crippen LogP contribution in [0.15, 0.2) is 35.0 Å². The van der Waals surface area contributed by atoms with Crippen LogP contribution in [0.5, 0.6) is 0 Å². The minimum absolute atomic E-state index is 0.281. The highest BCUT2D eigenvalue weighted by atomic mass is 35.5. The van der Waals surface area contributed by atoms with Crippen molar-refractivity contribution < 1.29 is 4.52 Å². The number of anilines is 1. The fourth-order valence-electron chi connectivity index (χ4n) is 1.73. The molecule has 2 N–H and O–H groups in total. The summed E-state index contributed by atoms with van der Waals surface area (Å²) in [6.45, 7) is 0. The second kappa shape index (κ2) is 4.40. The predicted octanol–water partition coefficient (Wildman–Crippen LogP) is 2.37. The Kier molecular flexibility index (Phi) is 2.72. The average molecular weight is 276 g/mol. The van der Waals surface area contributed by atoms with Gasteiger partial charge < -0.3 is 10.3 Å². The molecule has 0 amide bonds. The van der Waals surface area contributed by atoms with Crippen LogP contribution in [0.25, 0.3) is 23.0 Å². The van der Waals surface area contributed by atoms with Gasteiger partial charge in [-0.15, -0.1) is 0 Å². The molecule has 6 nitrogen and oxygen atoms in total. The maximum atomic E-state index is 6.10. The molecule has 7 heteroatoms. The molecule has 96 valence electrons. The first-order valence-electron chi connectivity index (χ1n) is 5.53. The number of halogens is 1. The fraction of sp³-hybridized carbons (Fsp3) is 0.0833. The van der Waals surface area contributed by atoms with Crippen LogP contribution < -0.4 is 5.73 Å². The van der Waals surface area contributed by atoms with Crippen molar-refractivity contribution in [2.45, 2.75) is 0 Å². The molecule has 0 unspecified atom stereocenters. The van der Waals surface area contributed by atoms with Crippen molar-refractivity contribution in [2.75, 3.05) is 5.73 Å². The fourth-order valence-corrected chi connectivity index (χ4v) is 1.99. The molecule has 0 radical (unpaired) electrons. The Balaban J connectivity index is 2.06. The number of hydrogen-bond donors (Lipinski definition) is 1. The van der Waals surface area contributed by atoms with E-state index in [4.69, 9.17) is 21.9 Å². The van der Waals surface area contributed by atoms with Crippen LogP contribution >= 0.6 is 11.6 Å². The molecule has 0 spiro atoms. The quantitative estimate of drug-likeness (QED) is 0.726. The smallest absolute Gasteiger partial charge is 0.261 e. The normalized spacial score (nSPS) is 10.8. The zero-order valence-electron chi connectivity index (χ0n) is 10.0. The minimum Gasteiger partial charge on any atom is -0.398 e. The minimum atomic E-state index is 0.281. The molecule has 19 heavy (non-hydrogen) atoms. The van der Waals surface area contributed by atoms with Crippen LogP contribution in [0.1, 0.15) is 0 Å². The molecule has 2 heterocycles. The first-order valence-corrected chi connectivity index (χ1v) is 5.91. The second-order valence-electron chi connectivity index (χ2n) is 4.00. The third kappa shape index (κ3) is 2.06. The number of nitrogen functional groups attached to an aromatic ring is 1. The zero-order valence-corrected chi connectivity index (χ0v) is 10.8. The number of benzene rings is 1. The zero-order chi connectivity index (χ0) is 13.4. The van der Waals surface area contributed by atoms with E-state index >= 15 is 0 Å². The van der Waals surface area contributed by atoms with Gasteiger partial charge in [0.15, 0.2) is 0 Å². The van der Waals surface area contributed by atoms with E-state index in [9.17, 15) is 0 Å². The number of aromatic nitrogens is 4. The van der Waals surface area contributed by atoms with Crippen molar-refractivity contribution in [3.05, 3.63) is 35.5 Å². The SMILES string of the molecule is Cn1ccc(-c2noc(-c3c(N)cccc3Cl)n2)n1. The van der Waals surface area contributed by atoms with E-state index in [1.807, 2.05) is 7.05 Å². The van der Waals surface area contributed by atoms with Crippen LogP contribution in [-0.4, -0.2) is 19.9 Å². The Bertz CT molecular complexity index is 713. The van der Waals surface area contributed by atoms with E-state index in [0.29, 0.717) is 27.8 Å². The van der Waals surface area contributed by atoms with Crippen molar-refractivity contribution in [2.24, 2.45) is 7.05 Å². The lowest BCUT2D eigenvalue weighted by Crippen LogP contribution is -1.91. The number of nitrogens with zero attached hydrogens (tertiary/aromatic N) is 4. The van der Waals surface area contributed by atoms with Crippen LogP contribution in [0.2, 0.25) is 5.02 Å². The maximum Gasteiger partial charge on any atom is 0.261 e. The molecule has 3 aromatic rings. The predicted molar refractivity (Wildman–Crippen MR) is 71.4 cm³/mol. The summed E-state index contributed by atoms with van der Waals surface area (Å²) in [4.78, 5) is 4.27. The van der Waals surface area contributed by atoms with Gasteiger partial charge in [0.2, 0.25) is 5.82 Å². The molecular formula is C12H10ClN5O. The van der Waals surface area contributed by atoms with Crippen molar-refractivity contribution in [3.8, 4) is 23.0 Å². The van der Waals surface area contributed by atoms with E-state index in [0.717, 1.165) is 0 Å². The summed E-state index contributed by atoms with van der Waals surface area (Å²) >= 11 is 6.10. The third-order valence-electron chi connectivity index (χ3n) is 2.63. The standard InChI is InChI=1S/C12H10ClN5O/c1-18-6-5-9(16-18)11-15-12(19-17-11)10-7(13)3-2-4-8(10)14/h2-6H,14H2,1H3. The van der Waals surface area contributed by atoms with Crippen molar-refractivity contribution in [1.82, 2.24) is 19.9 Å². The van der Waals surface area contributed by atoms with Crippen LogP contribution in [0.4, 0.5) is 5.69 Å². The topological polar surface area (TPSA) is 82.8 Å². The van der Waals surface area contributed by atoms with Gasteiger partial charge in [-0.05, 0) is 18.2 Å². The summed E-state index contributed by atoms with van der Waals surface area (Å²) in [6, 6.07) is 7.01. The molecule has 2 aromatic heterocycles. The first-order chi connectivity index (χ1) is 9.15. The van der Waals surface area contributed by atoms with Crippen molar-refractivity contribution >= 4 is 17.3 Å². The highest BCUT2D eigenvalue weighted by molar-refractivity contribution is 6.33. The summed E-state index contributed by atoms with van der Waals surface area (Å²) in [7, 11) is 1.82. The van der Waals surface area contributed by atoms with E-state index in [1.54, 1.807) is 35.1 Å². The summed E-state index contributed by atoms with van der Waals surface area (Å²) in [5.41, 5.74) is 7.53. The van der Waals surface area contributed by atoms with Gasteiger partial charge >= 0.3 is 0 Å². The highest BCUT2D eigenvalue weighted by Gasteiger charge is 2.17. The van der Waals surface area contributed by atoms with Gasteiger partial charge in [-0.25, -0.2) is 0 Å². The van der Waals surface area contributed by atoms with E-state index in [2.05, 4.69) is 15.2 Å². The molecule has 0 bridgehead atoms. The molecule has 3 rings (SSSR count). The summed E-state index contributed by atoms with van der Waals surface area (Å²) in [5, 5.41) is 8.55. The first kappa shape index (κ1) is 11.7. The Hall–Kier alpha value is -2.34. The number of aryl methyl sites for hydroxylation is 1. The Labute approximate surface area is 113 Å². The molecule has 0 aliphatic heterocycles. The molecule has 0 fully saturated rings. The van der Waals surface area contributed by atoms with Gasteiger partial charge in [-0.2, -0.15) is 10.1 Å². The summed E-state index contributed by atoms with van der Waals surface area (Å²) in [6.07, 6.45) is 1.80. The second-order valence-corrected chi connectivity index (χ2v) is 4.41. The number of hydrogen-bond acceptors (Lipinski definition) is 5. The molecule has 0 saturated carbocycles. The van der Waals surface area contributed by atoms with Gasteiger partial charge in [-0.1, -0.05) is 22.8 Å². The lowest BCUT2D eigenvalue weighted by molar-refractivity contribution is 0.432. The Morgan fingerprint density at radius 1 is 1.32 bits per heavy atom. The molecule has 1 aromatic carbocycles. The van der Waals surface area contributed by atoms with Crippen LogP contribution in [0, 0.1) is 0 Å². The third-order valence-corrected chi connectivity index (χ3v) is 2.94. The van der Waals surface area contributed by atoms with E-state index < -0.39 is 0 Å². The summed E-state index contributed by atoms with van der Waals surface area (Å²) < 4.78 is 6.86. The lowest BCUT2D eigenvalue weighted by Gasteiger charge is -2.01. The van der Waals surface area contributed by atoms with Gasteiger partial charge in [0.1, 0.15) is 5.69 Å². The Morgan fingerprint density at radius 3 is 2.84 bits per heavy atom. The highest BCUT2D eigenvalue weighted by Crippen LogP contribution is 2.32. The molecule has 0 aliphatic carbocycles. The number of nitrogens with two attached hydrogens (primary N) is 1. The van der Waals surface area contributed by atoms with Gasteiger partial charge in [-0.3, -0.25) is 4.68 Å². The molecular weight excluding hydrogens is 266 g/mol. The van der Waals surface area contributed by atoms with Crippen molar-refractivity contribution in [3.63, 3.8) is 0 Å². The van der Waals surface area contributed by atoms with E-state index in [-0.39, 0.29) is 5.89 Å². The van der Waals surface area contributed by atoms with Gasteiger partial charge in [0, 0.05) is 18.9 Å². The largest absolute Gasteiger partial charge is 0.398 e. The molecule has 0 saturated heterocycles.